The fraction of sp³-hybridized carbons (Fsp3) is 0. The van der Waals surface area contributed by atoms with Gasteiger partial charge in [-0.3, -0.25) is 4.90 Å². The molecule has 0 atom stereocenters. The number of nitrogens with zero attached hydrogens (tertiary/aromatic N) is 3. The number of benzene rings is 1. The lowest BCUT2D eigenvalue weighted by atomic mass is 10.2. The minimum atomic E-state index is 0.680. The van der Waals surface area contributed by atoms with E-state index in [9.17, 15) is 0 Å². The molecule has 0 unspecified atom stereocenters. The van der Waals surface area contributed by atoms with Gasteiger partial charge in [0, 0.05) is 18.1 Å². The van der Waals surface area contributed by atoms with E-state index >= 15 is 0 Å². The van der Waals surface area contributed by atoms with Gasteiger partial charge >= 0.3 is 0 Å². The van der Waals surface area contributed by atoms with Gasteiger partial charge < -0.3 is 0 Å². The number of aromatic nitrogens is 1. The van der Waals surface area contributed by atoms with Crippen LogP contribution in [0.3, 0.4) is 0 Å². The standard InChI is InChI=1S/C16H15N3/c1-3-15(17-4-2)19(14-10-6-5-7-11-14)16-12-8-9-13-18-16/h3-13H,1-2H2. The number of hydrogen-bond donors (Lipinski definition) is 0. The molecule has 0 amide bonds. The highest BCUT2D eigenvalue weighted by Crippen LogP contribution is 2.23. The van der Waals surface area contributed by atoms with Crippen LogP contribution < -0.4 is 4.90 Å². The van der Waals surface area contributed by atoms with Crippen LogP contribution in [-0.4, -0.2) is 10.8 Å². The molecule has 3 nitrogen and oxygen atoms in total. The molecule has 1 heterocycles. The molecular weight excluding hydrogens is 234 g/mol. The Morgan fingerprint density at radius 2 is 1.79 bits per heavy atom. The third-order valence-electron chi connectivity index (χ3n) is 2.53. The maximum atomic E-state index is 4.37. The number of hydrogen-bond acceptors (Lipinski definition) is 2. The van der Waals surface area contributed by atoms with Crippen LogP contribution in [0.2, 0.25) is 0 Å². The maximum Gasteiger partial charge on any atom is 0.138 e. The molecule has 2 rings (SSSR count). The quantitative estimate of drug-likeness (QED) is 0.606. The molecular formula is C16H15N3. The van der Waals surface area contributed by atoms with Crippen molar-refractivity contribution in [3.63, 3.8) is 0 Å². The van der Waals surface area contributed by atoms with Crippen molar-refractivity contribution in [1.82, 2.24) is 4.98 Å². The van der Waals surface area contributed by atoms with E-state index in [-0.39, 0.29) is 0 Å². The first kappa shape index (κ1) is 12.8. The smallest absolute Gasteiger partial charge is 0.138 e. The molecule has 0 N–H and O–H groups in total. The van der Waals surface area contributed by atoms with Crippen molar-refractivity contribution in [2.45, 2.75) is 0 Å². The van der Waals surface area contributed by atoms with Gasteiger partial charge in [-0.1, -0.05) is 37.4 Å². The Labute approximate surface area is 113 Å². The third-order valence-corrected chi connectivity index (χ3v) is 2.53. The number of amidine groups is 1. The molecule has 0 radical (unpaired) electrons. The number of pyridine rings is 1. The first-order valence-corrected chi connectivity index (χ1v) is 5.94. The van der Waals surface area contributed by atoms with Gasteiger partial charge in [-0.15, -0.1) is 0 Å². The molecule has 3 heteroatoms. The monoisotopic (exact) mass is 249 g/mol. The van der Waals surface area contributed by atoms with Gasteiger partial charge in [-0.25, -0.2) is 9.98 Å². The van der Waals surface area contributed by atoms with Crippen molar-refractivity contribution < 1.29 is 0 Å². The summed E-state index contributed by atoms with van der Waals surface area (Å²) in [6.07, 6.45) is 4.93. The summed E-state index contributed by atoms with van der Waals surface area (Å²) < 4.78 is 0. The second-order valence-electron chi connectivity index (χ2n) is 3.73. The molecule has 2 aromatic rings. The van der Waals surface area contributed by atoms with E-state index < -0.39 is 0 Å². The van der Waals surface area contributed by atoms with E-state index in [1.807, 2.05) is 53.4 Å². The SMILES string of the molecule is C=CN=C(C=C)N(c1ccccc1)c1ccccn1. The molecule has 0 aliphatic rings. The lowest BCUT2D eigenvalue weighted by Gasteiger charge is -2.23. The van der Waals surface area contributed by atoms with Gasteiger partial charge in [0.25, 0.3) is 0 Å². The highest BCUT2D eigenvalue weighted by molar-refractivity contribution is 6.10. The van der Waals surface area contributed by atoms with Gasteiger partial charge in [-0.05, 0) is 30.3 Å². The highest BCUT2D eigenvalue weighted by atomic mass is 15.2. The zero-order chi connectivity index (χ0) is 13.5. The molecule has 19 heavy (non-hydrogen) atoms. The van der Waals surface area contributed by atoms with Crippen molar-refractivity contribution in [3.8, 4) is 0 Å². The fourth-order valence-electron chi connectivity index (χ4n) is 1.74. The lowest BCUT2D eigenvalue weighted by Crippen LogP contribution is -2.24. The predicted molar refractivity (Wildman–Crippen MR) is 80.6 cm³/mol. The first-order valence-electron chi connectivity index (χ1n) is 5.94. The molecule has 0 saturated carbocycles. The Kier molecular flexibility index (Phi) is 4.24. The van der Waals surface area contributed by atoms with E-state index in [1.165, 1.54) is 6.20 Å². The van der Waals surface area contributed by atoms with Gasteiger partial charge in [0.2, 0.25) is 0 Å². The summed E-state index contributed by atoms with van der Waals surface area (Å²) >= 11 is 0. The van der Waals surface area contributed by atoms with E-state index in [0.29, 0.717) is 5.84 Å². The van der Waals surface area contributed by atoms with Crippen LogP contribution in [0.4, 0.5) is 11.5 Å². The summed E-state index contributed by atoms with van der Waals surface area (Å²) in [7, 11) is 0. The van der Waals surface area contributed by atoms with E-state index in [0.717, 1.165) is 11.5 Å². The summed E-state index contributed by atoms with van der Waals surface area (Å²) in [6.45, 7) is 7.44. The Morgan fingerprint density at radius 3 is 2.37 bits per heavy atom. The van der Waals surface area contributed by atoms with Gasteiger partial charge in [0.05, 0.1) is 0 Å². The van der Waals surface area contributed by atoms with E-state index in [4.69, 9.17) is 0 Å². The maximum absolute atomic E-state index is 4.37. The molecule has 94 valence electrons. The topological polar surface area (TPSA) is 28.5 Å². The van der Waals surface area contributed by atoms with Crippen LogP contribution in [0.5, 0.6) is 0 Å². The second kappa shape index (κ2) is 6.31. The predicted octanol–water partition coefficient (Wildman–Crippen LogP) is 3.95. The molecule has 0 saturated heterocycles. The summed E-state index contributed by atoms with van der Waals surface area (Å²) in [6, 6.07) is 15.7. The normalized spacial score (nSPS) is 10.8. The van der Waals surface area contributed by atoms with Crippen molar-refractivity contribution >= 4 is 17.3 Å². The van der Waals surface area contributed by atoms with Crippen molar-refractivity contribution in [3.05, 3.63) is 80.2 Å². The van der Waals surface area contributed by atoms with Crippen molar-refractivity contribution in [1.29, 1.82) is 0 Å². The molecule has 1 aromatic carbocycles. The number of para-hydroxylation sites is 1. The Balaban J connectivity index is 2.54. The summed E-state index contributed by atoms with van der Waals surface area (Å²) in [5, 5.41) is 0. The lowest BCUT2D eigenvalue weighted by molar-refractivity contribution is 1.21. The first-order chi connectivity index (χ1) is 9.36. The zero-order valence-corrected chi connectivity index (χ0v) is 10.6. The summed E-state index contributed by atoms with van der Waals surface area (Å²) in [4.78, 5) is 10.5. The number of rotatable bonds is 4. The van der Waals surface area contributed by atoms with Crippen LogP contribution in [0.15, 0.2) is 85.2 Å². The fourth-order valence-corrected chi connectivity index (χ4v) is 1.74. The minimum Gasteiger partial charge on any atom is -0.279 e. The highest BCUT2D eigenvalue weighted by Gasteiger charge is 2.13. The van der Waals surface area contributed by atoms with E-state index in [2.05, 4.69) is 23.1 Å². The minimum absolute atomic E-state index is 0.680. The molecule has 1 aromatic heterocycles. The third kappa shape index (κ3) is 2.96. The molecule has 0 fully saturated rings. The Bertz CT molecular complexity index is 534. The summed E-state index contributed by atoms with van der Waals surface area (Å²) in [5.41, 5.74) is 0.974. The van der Waals surface area contributed by atoms with Gasteiger partial charge in [0.1, 0.15) is 11.7 Å². The van der Waals surface area contributed by atoms with E-state index in [1.54, 1.807) is 12.3 Å². The number of aliphatic imine (C=N–C) groups is 1. The largest absolute Gasteiger partial charge is 0.279 e. The summed E-state index contributed by atoms with van der Waals surface area (Å²) in [5.74, 6) is 1.47. The van der Waals surface area contributed by atoms with Crippen molar-refractivity contribution in [2.75, 3.05) is 4.90 Å². The van der Waals surface area contributed by atoms with Crippen LogP contribution in [0, 0.1) is 0 Å². The van der Waals surface area contributed by atoms with Crippen molar-refractivity contribution in [2.24, 2.45) is 4.99 Å². The number of anilines is 2. The molecule has 0 spiro atoms. The van der Waals surface area contributed by atoms with Crippen LogP contribution in [0.1, 0.15) is 0 Å². The second-order valence-corrected chi connectivity index (χ2v) is 3.73. The molecule has 0 aliphatic carbocycles. The molecule has 0 bridgehead atoms. The van der Waals surface area contributed by atoms with Gasteiger partial charge in [-0.2, -0.15) is 0 Å². The zero-order valence-electron chi connectivity index (χ0n) is 10.6. The Morgan fingerprint density at radius 1 is 1.05 bits per heavy atom. The average molecular weight is 249 g/mol. The average Bonchev–Trinajstić information content (AvgIpc) is 2.49. The van der Waals surface area contributed by atoms with Crippen LogP contribution in [-0.2, 0) is 0 Å². The molecule has 0 aliphatic heterocycles. The van der Waals surface area contributed by atoms with Crippen LogP contribution in [0.25, 0.3) is 0 Å². The van der Waals surface area contributed by atoms with Gasteiger partial charge in [0.15, 0.2) is 0 Å². The van der Waals surface area contributed by atoms with Crippen LogP contribution >= 0.6 is 0 Å². The Hall–Kier alpha value is -2.68.